The van der Waals surface area contributed by atoms with Crippen LogP contribution in [0.2, 0.25) is 0 Å². The smallest absolute Gasteiger partial charge is 0.332 e. The van der Waals surface area contributed by atoms with Gasteiger partial charge in [0.15, 0.2) is 0 Å². The highest BCUT2D eigenvalue weighted by Gasteiger charge is 2.51. The quantitative estimate of drug-likeness (QED) is 0.337. The number of aliphatic hydroxyl groups is 1. The number of benzene rings is 2. The van der Waals surface area contributed by atoms with Crippen LogP contribution in [0, 0.1) is 10.1 Å². The van der Waals surface area contributed by atoms with Crippen LogP contribution >= 0.6 is 0 Å². The molecule has 0 bridgehead atoms. The Morgan fingerprint density at radius 2 is 2.00 bits per heavy atom. The van der Waals surface area contributed by atoms with Gasteiger partial charge in [-0.3, -0.25) is 14.9 Å². The largest absolute Gasteiger partial charge is 0.497 e. The van der Waals surface area contributed by atoms with Crippen LogP contribution in [-0.2, 0) is 10.4 Å². The predicted molar refractivity (Wildman–Crippen MR) is 97.9 cm³/mol. The number of fused-ring (bicyclic) bond motifs is 1. The average molecular weight is 385 g/mol. The Morgan fingerprint density at radius 3 is 2.57 bits per heavy atom. The summed E-state index contributed by atoms with van der Waals surface area (Å²) in [4.78, 5) is 34.2. The first-order valence-corrected chi connectivity index (χ1v) is 7.88. The second-order valence-electron chi connectivity index (χ2n) is 5.82. The van der Waals surface area contributed by atoms with Crippen LogP contribution in [-0.4, -0.2) is 34.8 Å². The van der Waals surface area contributed by atoms with E-state index in [1.54, 1.807) is 12.1 Å². The highest BCUT2D eigenvalue weighted by atomic mass is 16.6. The third kappa shape index (κ3) is 3.10. The highest BCUT2D eigenvalue weighted by molar-refractivity contribution is 6.26. The molecule has 3 amide bonds. The van der Waals surface area contributed by atoms with Gasteiger partial charge < -0.3 is 20.9 Å². The van der Waals surface area contributed by atoms with Crippen molar-refractivity contribution in [3.05, 3.63) is 63.7 Å². The summed E-state index contributed by atoms with van der Waals surface area (Å²) in [7, 11) is 1.46. The van der Waals surface area contributed by atoms with Crippen LogP contribution in [0.3, 0.4) is 0 Å². The van der Waals surface area contributed by atoms with Crippen molar-refractivity contribution in [1.82, 2.24) is 5.43 Å². The maximum absolute atomic E-state index is 12.6. The Kier molecular flexibility index (Phi) is 4.67. The fourth-order valence-corrected chi connectivity index (χ4v) is 2.84. The van der Waals surface area contributed by atoms with Crippen molar-refractivity contribution in [2.45, 2.75) is 5.60 Å². The Bertz CT molecular complexity index is 1000. The van der Waals surface area contributed by atoms with Gasteiger partial charge in [-0.05, 0) is 30.3 Å². The first kappa shape index (κ1) is 18.8. The van der Waals surface area contributed by atoms with Gasteiger partial charge in [0, 0.05) is 28.9 Å². The number of methoxy groups -OCH3 is 1. The topological polar surface area (TPSA) is 169 Å². The fraction of sp³-hybridized carbons (Fsp3) is 0.118. The van der Waals surface area contributed by atoms with Crippen LogP contribution in [0.5, 0.6) is 5.75 Å². The lowest BCUT2D eigenvalue weighted by atomic mass is 9.86. The first-order chi connectivity index (χ1) is 13.3. The lowest BCUT2D eigenvalue weighted by molar-refractivity contribution is -0.385. The van der Waals surface area contributed by atoms with Crippen molar-refractivity contribution >= 4 is 29.0 Å². The molecule has 144 valence electrons. The van der Waals surface area contributed by atoms with Crippen LogP contribution in [0.25, 0.3) is 0 Å². The molecule has 0 spiro atoms. The van der Waals surface area contributed by atoms with E-state index in [2.05, 4.69) is 10.4 Å². The van der Waals surface area contributed by atoms with E-state index in [1.807, 2.05) is 5.43 Å². The zero-order chi connectivity index (χ0) is 20.5. The molecule has 1 aliphatic rings. The molecule has 11 nitrogen and oxygen atoms in total. The monoisotopic (exact) mass is 385 g/mol. The molecule has 0 aromatic heterocycles. The minimum absolute atomic E-state index is 0.0764. The first-order valence-electron chi connectivity index (χ1n) is 7.88. The van der Waals surface area contributed by atoms with Gasteiger partial charge in [0.05, 0.1) is 12.0 Å². The number of nitro groups is 1. The summed E-state index contributed by atoms with van der Waals surface area (Å²) in [5.41, 5.74) is 4.39. The number of nitrogens with one attached hydrogen (secondary N) is 2. The molecule has 0 saturated heterocycles. The van der Waals surface area contributed by atoms with Crippen molar-refractivity contribution in [2.24, 2.45) is 10.8 Å². The summed E-state index contributed by atoms with van der Waals surface area (Å²) in [6, 6.07) is 8.65. The van der Waals surface area contributed by atoms with E-state index in [9.17, 15) is 24.8 Å². The lowest BCUT2D eigenvalue weighted by Crippen LogP contribution is -2.44. The summed E-state index contributed by atoms with van der Waals surface area (Å²) in [5.74, 6) is -0.381. The molecule has 1 aliphatic heterocycles. The fourth-order valence-electron chi connectivity index (χ4n) is 2.84. The lowest BCUT2D eigenvalue weighted by Gasteiger charge is -2.23. The van der Waals surface area contributed by atoms with E-state index in [0.717, 1.165) is 6.07 Å². The molecule has 3 rings (SSSR count). The number of nitro benzene ring substituents is 1. The van der Waals surface area contributed by atoms with Crippen molar-refractivity contribution in [2.75, 3.05) is 12.4 Å². The second-order valence-corrected chi connectivity index (χ2v) is 5.82. The molecular formula is C17H15N5O6. The van der Waals surface area contributed by atoms with Gasteiger partial charge in [-0.25, -0.2) is 10.2 Å². The number of rotatable bonds is 5. The molecule has 5 N–H and O–H groups in total. The van der Waals surface area contributed by atoms with Gasteiger partial charge in [0.1, 0.15) is 11.5 Å². The number of primary amides is 1. The minimum atomic E-state index is -2.40. The zero-order valence-corrected chi connectivity index (χ0v) is 14.5. The number of amides is 3. The van der Waals surface area contributed by atoms with Crippen molar-refractivity contribution in [3.63, 3.8) is 0 Å². The number of urea groups is 1. The van der Waals surface area contributed by atoms with Gasteiger partial charge in [0.2, 0.25) is 5.60 Å². The summed E-state index contributed by atoms with van der Waals surface area (Å²) in [5, 5.41) is 28.7. The molecule has 2 aromatic rings. The van der Waals surface area contributed by atoms with Crippen molar-refractivity contribution in [1.29, 1.82) is 0 Å². The number of hydrogen-bond acceptors (Lipinski definition) is 7. The minimum Gasteiger partial charge on any atom is -0.497 e. The van der Waals surface area contributed by atoms with Crippen LogP contribution in [0.15, 0.2) is 47.6 Å². The summed E-state index contributed by atoms with van der Waals surface area (Å²) in [6.07, 6.45) is 0. The number of ether oxygens (including phenoxy) is 1. The van der Waals surface area contributed by atoms with Crippen LogP contribution in [0.1, 0.15) is 11.1 Å². The summed E-state index contributed by atoms with van der Waals surface area (Å²) >= 11 is 0. The number of hydrazone groups is 1. The normalized spacial score (nSPS) is 18.2. The van der Waals surface area contributed by atoms with Gasteiger partial charge in [-0.1, -0.05) is 0 Å². The second kappa shape index (κ2) is 6.96. The third-order valence-corrected chi connectivity index (χ3v) is 4.16. The molecule has 2 aromatic carbocycles. The zero-order valence-electron chi connectivity index (χ0n) is 14.5. The Labute approximate surface area is 157 Å². The Morgan fingerprint density at radius 1 is 1.32 bits per heavy atom. The molecular weight excluding hydrogens is 370 g/mol. The van der Waals surface area contributed by atoms with Crippen molar-refractivity contribution < 1.29 is 24.4 Å². The van der Waals surface area contributed by atoms with Crippen molar-refractivity contribution in [3.8, 4) is 5.75 Å². The van der Waals surface area contributed by atoms with Gasteiger partial charge in [0.25, 0.3) is 11.6 Å². The van der Waals surface area contributed by atoms with E-state index in [-0.39, 0.29) is 28.2 Å². The van der Waals surface area contributed by atoms with Gasteiger partial charge >= 0.3 is 6.03 Å². The van der Waals surface area contributed by atoms with E-state index in [4.69, 9.17) is 10.5 Å². The molecule has 0 radical (unpaired) electrons. The SMILES string of the molecule is COc1ccc(/C(=N/NC(N)=O)[C@@]2(O)C(=O)Nc3ccc([N+](=O)[O-])cc32)cc1. The number of anilines is 1. The summed E-state index contributed by atoms with van der Waals surface area (Å²) in [6.45, 7) is 0. The predicted octanol–water partition coefficient (Wildman–Crippen LogP) is 0.816. The van der Waals surface area contributed by atoms with E-state index in [0.29, 0.717) is 5.75 Å². The number of carbonyl (C=O) groups is 2. The van der Waals surface area contributed by atoms with E-state index in [1.165, 1.54) is 31.4 Å². The standard InChI is InChI=1S/C17H15N5O6/c1-28-11-5-2-9(3-6-11)14(20-21-16(18)24)17(25)12-8-10(22(26)27)4-7-13(12)19-15(17)23/h2-8,25H,1H3,(H,19,23)(H3,18,21,24)/b20-14-/t17-/m1/s1. The number of hydrogen-bond donors (Lipinski definition) is 4. The molecule has 11 heteroatoms. The Hall–Kier alpha value is -3.99. The molecule has 28 heavy (non-hydrogen) atoms. The Balaban J connectivity index is 2.20. The van der Waals surface area contributed by atoms with E-state index >= 15 is 0 Å². The van der Waals surface area contributed by atoms with Crippen LogP contribution < -0.4 is 21.2 Å². The molecule has 1 heterocycles. The number of nitrogens with two attached hydrogens (primary N) is 1. The molecule has 1 atom stereocenters. The number of non-ortho nitro benzene ring substituents is 1. The number of nitrogens with zero attached hydrogens (tertiary/aromatic N) is 2. The maximum atomic E-state index is 12.6. The van der Waals surface area contributed by atoms with Crippen LogP contribution in [0.4, 0.5) is 16.2 Å². The molecule has 0 saturated carbocycles. The van der Waals surface area contributed by atoms with Gasteiger partial charge in [-0.2, -0.15) is 5.10 Å². The maximum Gasteiger partial charge on any atom is 0.332 e. The highest BCUT2D eigenvalue weighted by Crippen LogP contribution is 2.40. The average Bonchev–Trinajstić information content (AvgIpc) is 2.92. The molecule has 0 unspecified atom stereocenters. The molecule has 0 aliphatic carbocycles. The third-order valence-electron chi connectivity index (χ3n) is 4.16. The summed E-state index contributed by atoms with van der Waals surface area (Å²) < 4.78 is 5.07. The number of carbonyl (C=O) groups excluding carboxylic acids is 2. The van der Waals surface area contributed by atoms with Gasteiger partial charge in [-0.15, -0.1) is 0 Å². The van der Waals surface area contributed by atoms with E-state index < -0.39 is 22.5 Å². The molecule has 0 fully saturated rings.